The van der Waals surface area contributed by atoms with Crippen LogP contribution in [0.25, 0.3) is 11.5 Å². The molecule has 0 aliphatic rings. The molecule has 0 fully saturated rings. The van der Waals surface area contributed by atoms with E-state index in [-0.39, 0.29) is 37.2 Å². The third-order valence-corrected chi connectivity index (χ3v) is 4.19. The van der Waals surface area contributed by atoms with Crippen molar-refractivity contribution in [2.45, 2.75) is 26.7 Å². The number of nitrogens with zero attached hydrogens (tertiary/aromatic N) is 3. The van der Waals surface area contributed by atoms with E-state index >= 15 is 0 Å². The van der Waals surface area contributed by atoms with Crippen LogP contribution in [0.5, 0.6) is 0 Å². The number of esters is 1. The summed E-state index contributed by atoms with van der Waals surface area (Å²) in [5.41, 5.74) is 1.61. The summed E-state index contributed by atoms with van der Waals surface area (Å²) in [4.78, 5) is 48.0. The lowest BCUT2D eigenvalue weighted by molar-refractivity contribution is -0.142. The molecule has 0 saturated heterocycles. The summed E-state index contributed by atoms with van der Waals surface area (Å²) in [6.45, 7) is 4.61. The first-order chi connectivity index (χ1) is 15.4. The molecular formula is C21H29N7O4. The number of likely N-dealkylation sites (N-methyl/N-ethyl adjacent to an activating group) is 1. The number of amides is 2. The molecule has 0 aromatic carbocycles. The molecule has 0 saturated carbocycles. The Bertz CT molecular complexity index is 919. The van der Waals surface area contributed by atoms with E-state index in [4.69, 9.17) is 4.74 Å². The molecule has 0 bridgehead atoms. The molecule has 0 unspecified atom stereocenters. The second-order valence-electron chi connectivity index (χ2n) is 6.79. The van der Waals surface area contributed by atoms with Crippen LogP contribution in [0.3, 0.4) is 0 Å². The van der Waals surface area contributed by atoms with Gasteiger partial charge in [0.15, 0.2) is 5.82 Å². The van der Waals surface area contributed by atoms with E-state index in [1.54, 1.807) is 19.2 Å². The van der Waals surface area contributed by atoms with Crippen molar-refractivity contribution in [3.8, 4) is 11.5 Å². The maximum atomic E-state index is 11.9. The summed E-state index contributed by atoms with van der Waals surface area (Å²) < 4.78 is 4.93. The van der Waals surface area contributed by atoms with Crippen LogP contribution in [-0.4, -0.2) is 66.0 Å². The average Bonchev–Trinajstić information content (AvgIpc) is 2.78. The lowest BCUT2D eigenvalue weighted by Crippen LogP contribution is -2.35. The molecule has 2 aromatic rings. The highest BCUT2D eigenvalue weighted by molar-refractivity contribution is 5.84. The maximum Gasteiger partial charge on any atom is 0.307 e. The monoisotopic (exact) mass is 443 g/mol. The first-order valence-electron chi connectivity index (χ1n) is 10.3. The van der Waals surface area contributed by atoms with Gasteiger partial charge in [0.2, 0.25) is 11.8 Å². The molecule has 0 aliphatic carbocycles. The fraction of sp³-hybridized carbons (Fsp3) is 0.429. The molecule has 0 atom stereocenters. The van der Waals surface area contributed by atoms with E-state index in [0.717, 1.165) is 5.56 Å². The number of pyridine rings is 1. The number of carbonyl (C=O) groups excluding carboxylic acids is 3. The van der Waals surface area contributed by atoms with E-state index in [9.17, 15) is 14.4 Å². The van der Waals surface area contributed by atoms with Crippen LogP contribution < -0.4 is 21.3 Å². The first-order valence-corrected chi connectivity index (χ1v) is 10.3. The Morgan fingerprint density at radius 1 is 1.00 bits per heavy atom. The minimum atomic E-state index is -0.296. The molecule has 2 aromatic heterocycles. The van der Waals surface area contributed by atoms with Gasteiger partial charge in [-0.2, -0.15) is 0 Å². The van der Waals surface area contributed by atoms with E-state index < -0.39 is 0 Å². The zero-order valence-corrected chi connectivity index (χ0v) is 18.5. The van der Waals surface area contributed by atoms with Crippen LogP contribution in [0.4, 0.5) is 11.6 Å². The van der Waals surface area contributed by atoms with Crippen LogP contribution in [0, 0.1) is 6.92 Å². The average molecular weight is 444 g/mol. The van der Waals surface area contributed by atoms with Crippen molar-refractivity contribution in [1.29, 1.82) is 0 Å². The molecule has 172 valence electrons. The highest BCUT2D eigenvalue weighted by Crippen LogP contribution is 2.19. The largest absolute Gasteiger partial charge is 0.466 e. The Kier molecular flexibility index (Phi) is 9.82. The van der Waals surface area contributed by atoms with E-state index in [1.807, 2.05) is 19.1 Å². The van der Waals surface area contributed by atoms with Crippen molar-refractivity contribution in [3.05, 3.63) is 30.0 Å². The van der Waals surface area contributed by atoms with Gasteiger partial charge in [-0.1, -0.05) is 6.07 Å². The Hall–Kier alpha value is -3.76. The first kappa shape index (κ1) is 24.5. The van der Waals surface area contributed by atoms with Crippen LogP contribution in [-0.2, 0) is 19.1 Å². The van der Waals surface area contributed by atoms with E-state index in [1.165, 1.54) is 7.05 Å². The third kappa shape index (κ3) is 8.54. The Morgan fingerprint density at radius 2 is 1.69 bits per heavy atom. The molecule has 4 N–H and O–H groups in total. The van der Waals surface area contributed by atoms with Crippen LogP contribution in [0.2, 0.25) is 0 Å². The van der Waals surface area contributed by atoms with Gasteiger partial charge in [-0.15, -0.1) is 0 Å². The van der Waals surface area contributed by atoms with Gasteiger partial charge in [-0.3, -0.25) is 19.4 Å². The predicted molar refractivity (Wildman–Crippen MR) is 120 cm³/mol. The summed E-state index contributed by atoms with van der Waals surface area (Å²) in [6, 6.07) is 5.42. The smallest absolute Gasteiger partial charge is 0.307 e. The van der Waals surface area contributed by atoms with Crippen molar-refractivity contribution < 1.29 is 19.1 Å². The normalized spacial score (nSPS) is 10.2. The standard InChI is InChI=1S/C21H29N7O4/c1-4-32-20(31)8-10-24-17-11-16(23-9-7-18(29)26-13-19(30)22-3)27-21(28-17)15-6-5-14(2)12-25-15/h5-6,11-12H,4,7-10,13H2,1-3H3,(H,22,30)(H,26,29)(H2,23,24,27,28). The van der Waals surface area contributed by atoms with Gasteiger partial charge in [0.25, 0.3) is 0 Å². The molecule has 32 heavy (non-hydrogen) atoms. The number of carbonyl (C=O) groups is 3. The molecule has 2 heterocycles. The van der Waals surface area contributed by atoms with E-state index in [2.05, 4.69) is 36.2 Å². The third-order valence-electron chi connectivity index (χ3n) is 4.19. The van der Waals surface area contributed by atoms with Crippen molar-refractivity contribution in [3.63, 3.8) is 0 Å². The second-order valence-corrected chi connectivity index (χ2v) is 6.79. The Labute approximate surface area is 186 Å². The van der Waals surface area contributed by atoms with Crippen LogP contribution >= 0.6 is 0 Å². The molecular weight excluding hydrogens is 414 g/mol. The number of nitrogens with one attached hydrogen (secondary N) is 4. The number of aromatic nitrogens is 3. The van der Waals surface area contributed by atoms with Gasteiger partial charge in [0.1, 0.15) is 17.3 Å². The van der Waals surface area contributed by atoms with Gasteiger partial charge >= 0.3 is 5.97 Å². The summed E-state index contributed by atoms with van der Waals surface area (Å²) in [5, 5.41) is 11.1. The van der Waals surface area contributed by atoms with Crippen LogP contribution in [0.1, 0.15) is 25.3 Å². The molecule has 0 radical (unpaired) electrons. The molecule has 2 rings (SSSR count). The predicted octanol–water partition coefficient (Wildman–Crippen LogP) is 0.876. The van der Waals surface area contributed by atoms with E-state index in [0.29, 0.717) is 42.9 Å². The van der Waals surface area contributed by atoms with Gasteiger partial charge in [-0.05, 0) is 25.5 Å². The van der Waals surface area contributed by atoms with Crippen molar-refractivity contribution >= 4 is 29.4 Å². The van der Waals surface area contributed by atoms with Crippen molar-refractivity contribution in [2.24, 2.45) is 0 Å². The number of aryl methyl sites for hydroxylation is 1. The van der Waals surface area contributed by atoms with Gasteiger partial charge < -0.3 is 26.0 Å². The van der Waals surface area contributed by atoms with Crippen molar-refractivity contribution in [2.75, 3.05) is 43.9 Å². The summed E-state index contributed by atoms with van der Waals surface area (Å²) in [7, 11) is 1.50. The number of hydrogen-bond acceptors (Lipinski definition) is 9. The molecule has 0 aliphatic heterocycles. The number of ether oxygens (including phenoxy) is 1. The zero-order chi connectivity index (χ0) is 23.3. The maximum absolute atomic E-state index is 11.9. The zero-order valence-electron chi connectivity index (χ0n) is 18.5. The van der Waals surface area contributed by atoms with Gasteiger partial charge in [-0.25, -0.2) is 9.97 Å². The lowest BCUT2D eigenvalue weighted by atomic mass is 10.2. The van der Waals surface area contributed by atoms with Crippen LogP contribution in [0.15, 0.2) is 24.4 Å². The molecule has 0 spiro atoms. The van der Waals surface area contributed by atoms with Gasteiger partial charge in [0.05, 0.1) is 19.6 Å². The SMILES string of the molecule is CCOC(=O)CCNc1cc(NCCC(=O)NCC(=O)NC)nc(-c2ccc(C)cn2)n1. The highest BCUT2D eigenvalue weighted by atomic mass is 16.5. The topological polar surface area (TPSA) is 147 Å². The Morgan fingerprint density at radius 3 is 2.28 bits per heavy atom. The molecule has 2 amide bonds. The number of anilines is 2. The summed E-state index contributed by atoms with van der Waals surface area (Å²) in [6.07, 6.45) is 2.08. The second kappa shape index (κ2) is 12.8. The minimum Gasteiger partial charge on any atom is -0.466 e. The fourth-order valence-electron chi connectivity index (χ4n) is 2.53. The highest BCUT2D eigenvalue weighted by Gasteiger charge is 2.10. The molecule has 11 nitrogen and oxygen atoms in total. The summed E-state index contributed by atoms with van der Waals surface area (Å²) >= 11 is 0. The fourth-order valence-corrected chi connectivity index (χ4v) is 2.53. The number of hydrogen-bond donors (Lipinski definition) is 4. The molecule has 11 heteroatoms. The van der Waals surface area contributed by atoms with Crippen molar-refractivity contribution in [1.82, 2.24) is 25.6 Å². The van der Waals surface area contributed by atoms with Gasteiger partial charge in [0, 0.05) is 38.8 Å². The lowest BCUT2D eigenvalue weighted by Gasteiger charge is -2.11. The quantitative estimate of drug-likeness (QED) is 0.351. The number of rotatable bonds is 12. The Balaban J connectivity index is 2.04. The minimum absolute atomic E-state index is 0.0688. The summed E-state index contributed by atoms with van der Waals surface area (Å²) in [5.74, 6) is 0.580.